The molecule has 1 heterocycles. The van der Waals surface area contributed by atoms with E-state index in [0.29, 0.717) is 13.0 Å². The van der Waals surface area contributed by atoms with Crippen LogP contribution in [0.5, 0.6) is 0 Å². The fourth-order valence-electron chi connectivity index (χ4n) is 0.892. The molecule has 0 saturated heterocycles. The molecule has 3 nitrogen and oxygen atoms in total. The lowest BCUT2D eigenvalue weighted by molar-refractivity contribution is -0.120. The summed E-state index contributed by atoms with van der Waals surface area (Å²) in [6, 6.07) is 0. The normalized spacial score (nSPS) is 10.0. The summed E-state index contributed by atoms with van der Waals surface area (Å²) >= 11 is 1.60. The van der Waals surface area contributed by atoms with E-state index in [1.165, 1.54) is 0 Å². The summed E-state index contributed by atoms with van der Waals surface area (Å²) in [6.45, 7) is 4.48. The van der Waals surface area contributed by atoms with Gasteiger partial charge >= 0.3 is 0 Å². The minimum absolute atomic E-state index is 0.0771. The highest BCUT2D eigenvalue weighted by Gasteiger charge is 2.01. The molecule has 0 saturated carbocycles. The van der Waals surface area contributed by atoms with E-state index < -0.39 is 0 Å². The first-order chi connectivity index (χ1) is 6.26. The van der Waals surface area contributed by atoms with Crippen LogP contribution in [-0.4, -0.2) is 10.9 Å². The van der Waals surface area contributed by atoms with Crippen LogP contribution in [0.1, 0.15) is 31.0 Å². The maximum absolute atomic E-state index is 10.9. The summed E-state index contributed by atoms with van der Waals surface area (Å²) < 4.78 is 0. The number of thiazole rings is 1. The second kappa shape index (κ2) is 4.97. The molecule has 1 N–H and O–H groups in total. The molecule has 0 fully saturated rings. The van der Waals surface area contributed by atoms with Gasteiger partial charge < -0.3 is 5.32 Å². The van der Waals surface area contributed by atoms with Gasteiger partial charge in [0.1, 0.15) is 5.01 Å². The SMILES string of the molecule is CCC(=O)NCc1nc(CC)cs1. The van der Waals surface area contributed by atoms with E-state index in [4.69, 9.17) is 0 Å². The number of hydrogen-bond acceptors (Lipinski definition) is 3. The number of nitrogens with one attached hydrogen (secondary N) is 1. The Kier molecular flexibility index (Phi) is 3.89. The van der Waals surface area contributed by atoms with Gasteiger partial charge in [0.25, 0.3) is 0 Å². The molecule has 0 aromatic carbocycles. The van der Waals surface area contributed by atoms with Gasteiger partial charge in [0.2, 0.25) is 5.91 Å². The van der Waals surface area contributed by atoms with Gasteiger partial charge in [-0.1, -0.05) is 13.8 Å². The van der Waals surface area contributed by atoms with Crippen molar-refractivity contribution in [2.24, 2.45) is 0 Å². The lowest BCUT2D eigenvalue weighted by Gasteiger charge is -1.98. The average Bonchev–Trinajstić information content (AvgIpc) is 2.61. The molecule has 72 valence electrons. The van der Waals surface area contributed by atoms with Gasteiger partial charge in [-0.15, -0.1) is 11.3 Å². The first-order valence-electron chi connectivity index (χ1n) is 4.46. The summed E-state index contributed by atoms with van der Waals surface area (Å²) in [5, 5.41) is 5.82. The zero-order valence-corrected chi connectivity index (χ0v) is 8.78. The summed E-state index contributed by atoms with van der Waals surface area (Å²) in [5.41, 5.74) is 1.10. The molecule has 0 bridgehead atoms. The number of carbonyl (C=O) groups is 1. The molecule has 1 aromatic rings. The Bertz CT molecular complexity index is 283. The Morgan fingerprint density at radius 3 is 2.92 bits per heavy atom. The maximum atomic E-state index is 10.9. The molecule has 0 radical (unpaired) electrons. The van der Waals surface area contributed by atoms with E-state index in [0.717, 1.165) is 17.1 Å². The number of hydrogen-bond donors (Lipinski definition) is 1. The molecule has 4 heteroatoms. The van der Waals surface area contributed by atoms with E-state index in [-0.39, 0.29) is 5.91 Å². The molecule has 0 spiro atoms. The van der Waals surface area contributed by atoms with Crippen LogP contribution in [0.2, 0.25) is 0 Å². The maximum Gasteiger partial charge on any atom is 0.220 e. The number of aryl methyl sites for hydroxylation is 1. The number of aromatic nitrogens is 1. The lowest BCUT2D eigenvalue weighted by Crippen LogP contribution is -2.21. The molecular formula is C9H14N2OS. The molecule has 13 heavy (non-hydrogen) atoms. The van der Waals surface area contributed by atoms with Gasteiger partial charge in [0, 0.05) is 11.8 Å². The van der Waals surface area contributed by atoms with Crippen molar-refractivity contribution in [2.45, 2.75) is 33.2 Å². The lowest BCUT2D eigenvalue weighted by atomic mass is 10.4. The second-order valence-electron chi connectivity index (χ2n) is 2.72. The Balaban J connectivity index is 2.41. The summed E-state index contributed by atoms with van der Waals surface area (Å²) in [5.74, 6) is 0.0771. The van der Waals surface area contributed by atoms with Crippen LogP contribution >= 0.6 is 11.3 Å². The monoisotopic (exact) mass is 198 g/mol. The highest BCUT2D eigenvalue weighted by molar-refractivity contribution is 7.09. The van der Waals surface area contributed by atoms with Gasteiger partial charge in [0.15, 0.2) is 0 Å². The molecule has 0 unspecified atom stereocenters. The van der Waals surface area contributed by atoms with Crippen LogP contribution in [0.15, 0.2) is 5.38 Å². The van der Waals surface area contributed by atoms with Gasteiger partial charge in [-0.2, -0.15) is 0 Å². The van der Waals surface area contributed by atoms with Crippen molar-refractivity contribution in [1.82, 2.24) is 10.3 Å². The largest absolute Gasteiger partial charge is 0.350 e. The van der Waals surface area contributed by atoms with Crippen molar-refractivity contribution in [1.29, 1.82) is 0 Å². The fourth-order valence-corrected chi connectivity index (χ4v) is 1.71. The fraction of sp³-hybridized carbons (Fsp3) is 0.556. The Morgan fingerprint density at radius 1 is 1.62 bits per heavy atom. The third-order valence-electron chi connectivity index (χ3n) is 1.72. The quantitative estimate of drug-likeness (QED) is 0.800. The minimum atomic E-state index is 0.0771. The first kappa shape index (κ1) is 10.2. The molecule has 1 rings (SSSR count). The van der Waals surface area contributed by atoms with Crippen molar-refractivity contribution in [3.05, 3.63) is 16.1 Å². The van der Waals surface area contributed by atoms with Crippen molar-refractivity contribution in [2.75, 3.05) is 0 Å². The van der Waals surface area contributed by atoms with Crippen LogP contribution in [0.25, 0.3) is 0 Å². The van der Waals surface area contributed by atoms with Crippen LogP contribution < -0.4 is 5.32 Å². The van der Waals surface area contributed by atoms with E-state index >= 15 is 0 Å². The molecule has 0 atom stereocenters. The molecule has 1 aromatic heterocycles. The Labute approximate surface area is 82.2 Å². The van der Waals surface area contributed by atoms with Crippen molar-refractivity contribution >= 4 is 17.2 Å². The first-order valence-corrected chi connectivity index (χ1v) is 5.34. The number of rotatable bonds is 4. The Hall–Kier alpha value is -0.900. The summed E-state index contributed by atoms with van der Waals surface area (Å²) in [6.07, 6.45) is 1.49. The van der Waals surface area contributed by atoms with Gasteiger partial charge in [0.05, 0.1) is 12.2 Å². The molecule has 0 aliphatic carbocycles. The van der Waals surface area contributed by atoms with Gasteiger partial charge in [-0.3, -0.25) is 4.79 Å². The predicted octanol–water partition coefficient (Wildman–Crippen LogP) is 1.73. The molecule has 0 aliphatic rings. The van der Waals surface area contributed by atoms with E-state index in [9.17, 15) is 4.79 Å². The third kappa shape index (κ3) is 3.14. The second-order valence-corrected chi connectivity index (χ2v) is 3.66. The van der Waals surface area contributed by atoms with Crippen LogP contribution in [0.4, 0.5) is 0 Å². The highest BCUT2D eigenvalue weighted by Crippen LogP contribution is 2.09. The standard InChI is InChI=1S/C9H14N2OS/c1-3-7-6-13-9(11-7)5-10-8(12)4-2/h6H,3-5H2,1-2H3,(H,10,12). The van der Waals surface area contributed by atoms with E-state index in [2.05, 4.69) is 17.2 Å². The van der Waals surface area contributed by atoms with Crippen molar-refractivity contribution in [3.63, 3.8) is 0 Å². The molecule has 0 aliphatic heterocycles. The van der Waals surface area contributed by atoms with Crippen LogP contribution in [0, 0.1) is 0 Å². The number of nitrogens with zero attached hydrogens (tertiary/aromatic N) is 1. The molecular weight excluding hydrogens is 184 g/mol. The minimum Gasteiger partial charge on any atom is -0.350 e. The van der Waals surface area contributed by atoms with Gasteiger partial charge in [-0.05, 0) is 6.42 Å². The van der Waals surface area contributed by atoms with Crippen molar-refractivity contribution in [3.8, 4) is 0 Å². The summed E-state index contributed by atoms with van der Waals surface area (Å²) in [7, 11) is 0. The van der Waals surface area contributed by atoms with Crippen molar-refractivity contribution < 1.29 is 4.79 Å². The predicted molar refractivity (Wildman–Crippen MR) is 53.6 cm³/mol. The zero-order chi connectivity index (χ0) is 9.68. The number of amides is 1. The third-order valence-corrected chi connectivity index (χ3v) is 2.62. The summed E-state index contributed by atoms with van der Waals surface area (Å²) in [4.78, 5) is 15.3. The van der Waals surface area contributed by atoms with Crippen LogP contribution in [0.3, 0.4) is 0 Å². The smallest absolute Gasteiger partial charge is 0.220 e. The average molecular weight is 198 g/mol. The van der Waals surface area contributed by atoms with E-state index in [1.807, 2.05) is 12.3 Å². The topological polar surface area (TPSA) is 42.0 Å². The number of carbonyl (C=O) groups excluding carboxylic acids is 1. The molecule has 1 amide bonds. The van der Waals surface area contributed by atoms with E-state index in [1.54, 1.807) is 11.3 Å². The Morgan fingerprint density at radius 2 is 2.38 bits per heavy atom. The van der Waals surface area contributed by atoms with Crippen LogP contribution in [-0.2, 0) is 17.8 Å². The van der Waals surface area contributed by atoms with Gasteiger partial charge in [-0.25, -0.2) is 4.98 Å². The zero-order valence-electron chi connectivity index (χ0n) is 7.96. The highest BCUT2D eigenvalue weighted by atomic mass is 32.1.